The fourth-order valence-electron chi connectivity index (χ4n) is 0.814. The lowest BCUT2D eigenvalue weighted by Gasteiger charge is -2.08. The molecule has 0 aliphatic heterocycles. The average molecular weight is 169 g/mol. The lowest BCUT2D eigenvalue weighted by molar-refractivity contribution is 0.0127. The minimum Gasteiger partial charge on any atom is -0.255 e. The van der Waals surface area contributed by atoms with E-state index in [1.54, 1.807) is 6.07 Å². The first-order chi connectivity index (χ1) is 5.54. The van der Waals surface area contributed by atoms with Gasteiger partial charge in [-0.1, -0.05) is 12.7 Å². The quantitative estimate of drug-likeness (QED) is 0.663. The van der Waals surface area contributed by atoms with Gasteiger partial charge in [0, 0.05) is 13.1 Å². The summed E-state index contributed by atoms with van der Waals surface area (Å²) in [4.78, 5) is 3.56. The highest BCUT2D eigenvalue weighted by Gasteiger charge is 2.25. The highest BCUT2D eigenvalue weighted by molar-refractivity contribution is 5.46. The number of halogens is 2. The molecule has 0 fully saturated rings. The molecule has 0 saturated carbocycles. The first kappa shape index (κ1) is 8.84. The van der Waals surface area contributed by atoms with Crippen molar-refractivity contribution in [3.63, 3.8) is 0 Å². The average Bonchev–Trinajstić information content (AvgIpc) is 2.03. The summed E-state index contributed by atoms with van der Waals surface area (Å²) in [7, 11) is 0. The van der Waals surface area contributed by atoms with Gasteiger partial charge < -0.3 is 0 Å². The standard InChI is InChI=1S/C9H9F2N/c1-3-7-4-5-12-8(6-7)9(2,10)11/h3-6H,1H2,2H3. The lowest BCUT2D eigenvalue weighted by Crippen LogP contribution is -2.09. The van der Waals surface area contributed by atoms with Gasteiger partial charge in [0.2, 0.25) is 0 Å². The zero-order valence-electron chi connectivity index (χ0n) is 6.72. The van der Waals surface area contributed by atoms with E-state index in [9.17, 15) is 8.78 Å². The minimum absolute atomic E-state index is 0.222. The molecule has 1 aromatic heterocycles. The van der Waals surface area contributed by atoms with Crippen LogP contribution in [0.2, 0.25) is 0 Å². The molecule has 12 heavy (non-hydrogen) atoms. The number of aromatic nitrogens is 1. The summed E-state index contributed by atoms with van der Waals surface area (Å²) in [6.45, 7) is 4.30. The first-order valence-electron chi connectivity index (χ1n) is 3.51. The highest BCUT2D eigenvalue weighted by atomic mass is 19.3. The predicted octanol–water partition coefficient (Wildman–Crippen LogP) is 2.84. The van der Waals surface area contributed by atoms with Crippen LogP contribution in [-0.2, 0) is 5.92 Å². The first-order valence-corrected chi connectivity index (χ1v) is 3.51. The molecule has 0 radical (unpaired) electrons. The SMILES string of the molecule is C=Cc1ccnc(C(C)(F)F)c1. The molecule has 0 bridgehead atoms. The molecule has 0 amide bonds. The van der Waals surface area contributed by atoms with Gasteiger partial charge in [-0.2, -0.15) is 8.78 Å². The topological polar surface area (TPSA) is 12.9 Å². The van der Waals surface area contributed by atoms with Crippen molar-refractivity contribution in [2.45, 2.75) is 12.8 Å². The second-order valence-electron chi connectivity index (χ2n) is 2.57. The van der Waals surface area contributed by atoms with Crippen molar-refractivity contribution in [3.8, 4) is 0 Å². The van der Waals surface area contributed by atoms with Crippen molar-refractivity contribution in [2.24, 2.45) is 0 Å². The Morgan fingerprint density at radius 1 is 1.58 bits per heavy atom. The molecule has 0 unspecified atom stereocenters. The monoisotopic (exact) mass is 169 g/mol. The summed E-state index contributed by atoms with van der Waals surface area (Å²) in [5.74, 6) is -2.88. The van der Waals surface area contributed by atoms with Gasteiger partial charge in [-0.3, -0.25) is 4.98 Å². The molecule has 1 nitrogen and oxygen atoms in total. The maximum Gasteiger partial charge on any atom is 0.286 e. The Kier molecular flexibility index (Phi) is 2.22. The maximum atomic E-state index is 12.7. The van der Waals surface area contributed by atoms with E-state index in [2.05, 4.69) is 11.6 Å². The molecule has 0 saturated heterocycles. The molecular formula is C9H9F2N. The molecule has 0 aromatic carbocycles. The van der Waals surface area contributed by atoms with Crippen molar-refractivity contribution in [3.05, 3.63) is 36.2 Å². The Labute approximate surface area is 69.8 Å². The summed E-state index contributed by atoms with van der Waals surface area (Å²) in [6.07, 6.45) is 2.86. The van der Waals surface area contributed by atoms with Crippen molar-refractivity contribution < 1.29 is 8.78 Å². The number of rotatable bonds is 2. The molecule has 0 spiro atoms. The molecule has 0 N–H and O–H groups in total. The smallest absolute Gasteiger partial charge is 0.255 e. The van der Waals surface area contributed by atoms with E-state index < -0.39 is 5.92 Å². The van der Waals surface area contributed by atoms with Crippen LogP contribution in [0.3, 0.4) is 0 Å². The number of hydrogen-bond acceptors (Lipinski definition) is 1. The summed E-state index contributed by atoms with van der Waals surface area (Å²) in [6, 6.07) is 2.95. The van der Waals surface area contributed by atoms with Crippen LogP contribution in [0.15, 0.2) is 24.9 Å². The second-order valence-corrected chi connectivity index (χ2v) is 2.57. The fourth-order valence-corrected chi connectivity index (χ4v) is 0.814. The summed E-state index contributed by atoms with van der Waals surface area (Å²) < 4.78 is 25.3. The fraction of sp³-hybridized carbons (Fsp3) is 0.222. The van der Waals surface area contributed by atoms with E-state index in [1.165, 1.54) is 18.3 Å². The van der Waals surface area contributed by atoms with E-state index in [1.807, 2.05) is 0 Å². The van der Waals surface area contributed by atoms with Gasteiger partial charge >= 0.3 is 0 Å². The third-order valence-electron chi connectivity index (χ3n) is 1.47. The van der Waals surface area contributed by atoms with Crippen molar-refractivity contribution in [2.75, 3.05) is 0 Å². The largest absolute Gasteiger partial charge is 0.286 e. The molecular weight excluding hydrogens is 160 g/mol. The summed E-state index contributed by atoms with van der Waals surface area (Å²) in [5.41, 5.74) is 0.432. The molecule has 1 heterocycles. The van der Waals surface area contributed by atoms with Gasteiger partial charge in [-0.15, -0.1) is 0 Å². The van der Waals surface area contributed by atoms with Gasteiger partial charge in [-0.25, -0.2) is 0 Å². The van der Waals surface area contributed by atoms with Crippen LogP contribution in [-0.4, -0.2) is 4.98 Å². The summed E-state index contributed by atoms with van der Waals surface area (Å²) in [5, 5.41) is 0. The minimum atomic E-state index is -2.88. The van der Waals surface area contributed by atoms with E-state index in [-0.39, 0.29) is 5.69 Å². The third kappa shape index (κ3) is 1.87. The molecule has 0 aliphatic carbocycles. The molecule has 64 valence electrons. The zero-order chi connectivity index (χ0) is 9.19. The maximum absolute atomic E-state index is 12.7. The number of hydrogen-bond donors (Lipinski definition) is 0. The number of nitrogens with zero attached hydrogens (tertiary/aromatic N) is 1. The van der Waals surface area contributed by atoms with Gasteiger partial charge in [0.15, 0.2) is 0 Å². The van der Waals surface area contributed by atoms with Crippen LogP contribution >= 0.6 is 0 Å². The zero-order valence-corrected chi connectivity index (χ0v) is 6.72. The Bertz CT molecular complexity index is 289. The van der Waals surface area contributed by atoms with E-state index in [4.69, 9.17) is 0 Å². The molecule has 3 heteroatoms. The Hall–Kier alpha value is -1.25. The Balaban J connectivity index is 3.10. The predicted molar refractivity (Wildman–Crippen MR) is 43.9 cm³/mol. The van der Waals surface area contributed by atoms with Crippen LogP contribution in [0.4, 0.5) is 8.78 Å². The van der Waals surface area contributed by atoms with E-state index >= 15 is 0 Å². The number of pyridine rings is 1. The van der Waals surface area contributed by atoms with E-state index in [0.717, 1.165) is 6.92 Å². The Morgan fingerprint density at radius 3 is 2.75 bits per heavy atom. The molecule has 1 aromatic rings. The van der Waals surface area contributed by atoms with Gasteiger partial charge in [0.05, 0.1) is 0 Å². The van der Waals surface area contributed by atoms with Gasteiger partial charge in [0.25, 0.3) is 5.92 Å². The van der Waals surface area contributed by atoms with E-state index in [0.29, 0.717) is 5.56 Å². The van der Waals surface area contributed by atoms with Gasteiger partial charge in [-0.05, 0) is 17.7 Å². The highest BCUT2D eigenvalue weighted by Crippen LogP contribution is 2.25. The van der Waals surface area contributed by atoms with Crippen LogP contribution in [0.5, 0.6) is 0 Å². The number of alkyl halides is 2. The third-order valence-corrected chi connectivity index (χ3v) is 1.47. The molecule has 0 aliphatic rings. The Morgan fingerprint density at radius 2 is 2.25 bits per heavy atom. The van der Waals surface area contributed by atoms with Crippen LogP contribution in [0.1, 0.15) is 18.2 Å². The van der Waals surface area contributed by atoms with Crippen LogP contribution in [0.25, 0.3) is 6.08 Å². The van der Waals surface area contributed by atoms with Crippen LogP contribution in [0, 0.1) is 0 Å². The molecule has 1 rings (SSSR count). The lowest BCUT2D eigenvalue weighted by atomic mass is 10.2. The second kappa shape index (κ2) is 3.01. The van der Waals surface area contributed by atoms with Crippen LogP contribution < -0.4 is 0 Å². The summed E-state index contributed by atoms with van der Waals surface area (Å²) >= 11 is 0. The van der Waals surface area contributed by atoms with Crippen molar-refractivity contribution in [1.82, 2.24) is 4.98 Å². The molecule has 0 atom stereocenters. The van der Waals surface area contributed by atoms with Crippen molar-refractivity contribution >= 4 is 6.08 Å². The normalized spacial score (nSPS) is 11.2. The van der Waals surface area contributed by atoms with Crippen molar-refractivity contribution in [1.29, 1.82) is 0 Å². The van der Waals surface area contributed by atoms with Gasteiger partial charge in [0.1, 0.15) is 5.69 Å².